The van der Waals surface area contributed by atoms with E-state index in [1.165, 1.54) is 26.4 Å². The molecule has 0 aromatic heterocycles. The first-order valence-corrected chi connectivity index (χ1v) is 7.88. The van der Waals surface area contributed by atoms with Gasteiger partial charge in [-0.2, -0.15) is 0 Å². The van der Waals surface area contributed by atoms with Crippen LogP contribution in [-0.4, -0.2) is 34.7 Å². The number of halogens is 1. The molecule has 1 unspecified atom stereocenters. The van der Waals surface area contributed by atoms with Crippen molar-refractivity contribution >= 4 is 17.2 Å². The van der Waals surface area contributed by atoms with Crippen LogP contribution in [0.4, 0.5) is 4.39 Å². The molecule has 3 N–H and O–H groups in total. The Morgan fingerprint density at radius 1 is 1.43 bits per heavy atom. The minimum atomic E-state index is -2.48. The zero-order valence-corrected chi connectivity index (χ0v) is 13.6. The van der Waals surface area contributed by atoms with Crippen molar-refractivity contribution in [1.82, 2.24) is 4.72 Å². The van der Waals surface area contributed by atoms with Crippen LogP contribution in [-0.2, 0) is 37.5 Å². The minimum Gasteiger partial charge on any atom is -0.760 e. The van der Waals surface area contributed by atoms with Gasteiger partial charge in [0.15, 0.2) is 5.79 Å². The number of hydrogen-bond acceptors (Lipinski definition) is 5. The van der Waals surface area contributed by atoms with Crippen molar-refractivity contribution in [2.45, 2.75) is 30.6 Å². The lowest BCUT2D eigenvalue weighted by atomic mass is 9.60. The van der Waals surface area contributed by atoms with Crippen LogP contribution in [0.3, 0.4) is 0 Å². The molecule has 1 saturated carbocycles. The van der Waals surface area contributed by atoms with Crippen molar-refractivity contribution in [3.63, 3.8) is 0 Å². The summed E-state index contributed by atoms with van der Waals surface area (Å²) in [6.07, 6.45) is 0.369. The second-order valence-electron chi connectivity index (χ2n) is 5.48. The quantitative estimate of drug-likeness (QED) is 0.542. The van der Waals surface area contributed by atoms with E-state index in [9.17, 15) is 17.9 Å². The summed E-state index contributed by atoms with van der Waals surface area (Å²) < 4.78 is 47.7. The average Bonchev–Trinajstić information content (AvgIpc) is 2.46. The van der Waals surface area contributed by atoms with Crippen LogP contribution in [0, 0.1) is 5.82 Å². The summed E-state index contributed by atoms with van der Waals surface area (Å²) in [6.45, 7) is -0.175. The number of hydrogen-bond donors (Lipinski definition) is 2. The highest BCUT2D eigenvalue weighted by atomic mass is 32.2. The lowest BCUT2D eigenvalue weighted by Crippen LogP contribution is -2.62. The van der Waals surface area contributed by atoms with Crippen LogP contribution < -0.4 is 10.5 Å². The number of nitrogens with one attached hydrogen (secondary N) is 1. The van der Waals surface area contributed by atoms with E-state index in [4.69, 9.17) is 15.2 Å². The zero-order chi connectivity index (χ0) is 17.3. The molecule has 1 aromatic carbocycles. The SMILES string of the molecule is COC1(OC)CC(C(N)=O)(c2ccc(CNS(=O)[O-])c(F)c2)C1. The van der Waals surface area contributed by atoms with E-state index in [0.29, 0.717) is 5.56 Å². The summed E-state index contributed by atoms with van der Waals surface area (Å²) in [5.74, 6) is -2.12. The molecule has 0 heterocycles. The molecule has 0 spiro atoms. The van der Waals surface area contributed by atoms with Gasteiger partial charge in [0.2, 0.25) is 5.91 Å². The number of rotatable bonds is 7. The highest BCUT2D eigenvalue weighted by Gasteiger charge is 2.60. The van der Waals surface area contributed by atoms with Crippen molar-refractivity contribution in [1.29, 1.82) is 0 Å². The normalized spacial score (nSPS) is 19.8. The molecule has 0 bridgehead atoms. The second kappa shape index (κ2) is 6.62. The van der Waals surface area contributed by atoms with E-state index >= 15 is 0 Å². The van der Waals surface area contributed by atoms with Gasteiger partial charge in [-0.15, -0.1) is 0 Å². The molecule has 1 amide bonds. The average molecular weight is 345 g/mol. The molecule has 1 aliphatic rings. The van der Waals surface area contributed by atoms with Crippen LogP contribution in [0.1, 0.15) is 24.0 Å². The van der Waals surface area contributed by atoms with E-state index in [0.717, 1.165) is 0 Å². The molecule has 128 valence electrons. The Morgan fingerprint density at radius 2 is 2.04 bits per heavy atom. The maximum Gasteiger partial charge on any atom is 0.228 e. The molecule has 9 heteroatoms. The first kappa shape index (κ1) is 18.0. The maximum atomic E-state index is 14.2. The van der Waals surface area contributed by atoms with Crippen molar-refractivity contribution in [2.24, 2.45) is 5.73 Å². The number of ether oxygens (including phenoxy) is 2. The Labute approximate surface area is 135 Å². The third kappa shape index (κ3) is 3.29. The fourth-order valence-corrected chi connectivity index (χ4v) is 3.16. The maximum absolute atomic E-state index is 14.2. The summed E-state index contributed by atoms with van der Waals surface area (Å²) in [5, 5.41) is 0. The van der Waals surface area contributed by atoms with Gasteiger partial charge in [0.05, 0.1) is 5.41 Å². The summed E-state index contributed by atoms with van der Waals surface area (Å²) >= 11 is -2.48. The summed E-state index contributed by atoms with van der Waals surface area (Å²) in [6, 6.07) is 4.19. The van der Waals surface area contributed by atoms with Crippen LogP contribution >= 0.6 is 0 Å². The highest BCUT2D eigenvalue weighted by molar-refractivity contribution is 7.77. The minimum absolute atomic E-state index is 0.168. The topological polar surface area (TPSA) is 114 Å². The lowest BCUT2D eigenvalue weighted by Gasteiger charge is -2.52. The molecule has 1 fully saturated rings. The highest BCUT2D eigenvalue weighted by Crippen LogP contribution is 2.52. The molecule has 2 rings (SSSR count). The number of carbonyl (C=O) groups excluding carboxylic acids is 1. The van der Waals surface area contributed by atoms with Gasteiger partial charge >= 0.3 is 0 Å². The number of carbonyl (C=O) groups is 1. The smallest absolute Gasteiger partial charge is 0.228 e. The van der Waals surface area contributed by atoms with Gasteiger partial charge in [-0.3, -0.25) is 9.00 Å². The second-order valence-corrected chi connectivity index (χ2v) is 6.24. The molecule has 23 heavy (non-hydrogen) atoms. The number of primary amides is 1. The molecular weight excluding hydrogens is 327 g/mol. The van der Waals surface area contributed by atoms with Crippen molar-refractivity contribution in [2.75, 3.05) is 14.2 Å². The van der Waals surface area contributed by atoms with Crippen molar-refractivity contribution < 1.29 is 27.4 Å². The Bertz CT molecular complexity index is 628. The van der Waals surface area contributed by atoms with Crippen LogP contribution in [0.25, 0.3) is 0 Å². The van der Waals surface area contributed by atoms with E-state index in [1.54, 1.807) is 6.07 Å². The predicted octanol–water partition coefficient (Wildman–Crippen LogP) is 0.215. The fourth-order valence-electron chi connectivity index (χ4n) is 2.89. The fraction of sp³-hybridized carbons (Fsp3) is 0.500. The van der Waals surface area contributed by atoms with Crippen LogP contribution in [0.5, 0.6) is 0 Å². The van der Waals surface area contributed by atoms with E-state index in [1.807, 2.05) is 0 Å². The van der Waals surface area contributed by atoms with Gasteiger partial charge in [-0.25, -0.2) is 9.11 Å². The first-order valence-electron chi connectivity index (χ1n) is 6.80. The van der Waals surface area contributed by atoms with Gasteiger partial charge in [0, 0.05) is 50.4 Å². The molecule has 1 aromatic rings. The van der Waals surface area contributed by atoms with Gasteiger partial charge in [0.25, 0.3) is 0 Å². The summed E-state index contributed by atoms with van der Waals surface area (Å²) in [5.41, 5.74) is 5.03. The standard InChI is InChI=1S/C14H19FN2O5S/c1-21-14(22-2)7-13(8-14,12(16)18)10-4-3-9(11(15)5-10)6-17-23(19)20/h3-5,17H,6-8H2,1-2H3,(H2,16,18)(H,19,20)/p-1. The first-order chi connectivity index (χ1) is 10.8. The number of nitrogens with two attached hydrogens (primary N) is 1. The largest absolute Gasteiger partial charge is 0.760 e. The summed E-state index contributed by atoms with van der Waals surface area (Å²) in [7, 11) is 2.93. The Balaban J connectivity index is 2.27. The van der Waals surface area contributed by atoms with E-state index in [-0.39, 0.29) is 24.9 Å². The van der Waals surface area contributed by atoms with Crippen LogP contribution in [0.15, 0.2) is 18.2 Å². The molecule has 1 atom stereocenters. The molecule has 0 saturated heterocycles. The lowest BCUT2D eigenvalue weighted by molar-refractivity contribution is -0.274. The van der Waals surface area contributed by atoms with Gasteiger partial charge in [0.1, 0.15) is 5.82 Å². The monoisotopic (exact) mass is 345 g/mol. The van der Waals surface area contributed by atoms with Gasteiger partial charge in [-0.05, 0) is 11.6 Å². The number of benzene rings is 1. The number of amides is 1. The zero-order valence-electron chi connectivity index (χ0n) is 12.8. The van der Waals surface area contributed by atoms with E-state index in [2.05, 4.69) is 4.72 Å². The Morgan fingerprint density at radius 3 is 2.48 bits per heavy atom. The predicted molar refractivity (Wildman–Crippen MR) is 79.0 cm³/mol. The Hall–Kier alpha value is -1.39. The molecule has 7 nitrogen and oxygen atoms in total. The molecule has 1 aliphatic carbocycles. The third-order valence-corrected chi connectivity index (χ3v) is 4.72. The third-order valence-electron chi connectivity index (χ3n) is 4.34. The molecule has 0 radical (unpaired) electrons. The van der Waals surface area contributed by atoms with E-state index < -0.39 is 34.2 Å². The van der Waals surface area contributed by atoms with Gasteiger partial charge in [-0.1, -0.05) is 12.1 Å². The summed E-state index contributed by atoms with van der Waals surface area (Å²) in [4.78, 5) is 11.9. The van der Waals surface area contributed by atoms with Crippen LogP contribution in [0.2, 0.25) is 0 Å². The van der Waals surface area contributed by atoms with Crippen molar-refractivity contribution in [3.8, 4) is 0 Å². The molecule has 0 aliphatic heterocycles. The Kier molecular flexibility index (Phi) is 5.17. The number of methoxy groups -OCH3 is 2. The molecular formula is C14H18FN2O5S-. The van der Waals surface area contributed by atoms with Crippen molar-refractivity contribution in [3.05, 3.63) is 35.1 Å². The van der Waals surface area contributed by atoms with Gasteiger partial charge < -0.3 is 19.8 Å².